The lowest BCUT2D eigenvalue weighted by molar-refractivity contribution is 0.0999. The number of rotatable bonds is 3. The maximum Gasteiger partial charge on any atom is 0.321 e. The first kappa shape index (κ1) is 15.3. The molecule has 0 unspecified atom stereocenters. The lowest BCUT2D eigenvalue weighted by atomic mass is 10.1. The largest absolute Gasteiger partial charge is 0.366 e. The van der Waals surface area contributed by atoms with Gasteiger partial charge < -0.3 is 20.9 Å². The molecule has 6 nitrogen and oxygen atoms in total. The number of nitrogens with zero attached hydrogens (tertiary/aromatic N) is 2. The fourth-order valence-electron chi connectivity index (χ4n) is 2.58. The van der Waals surface area contributed by atoms with Gasteiger partial charge in [-0.3, -0.25) is 4.79 Å². The van der Waals surface area contributed by atoms with Gasteiger partial charge in [-0.2, -0.15) is 0 Å². The zero-order valence-corrected chi connectivity index (χ0v) is 12.7. The van der Waals surface area contributed by atoms with Gasteiger partial charge in [0.25, 0.3) is 0 Å². The molecule has 0 saturated carbocycles. The number of nitrogens with one attached hydrogen (secondary N) is 1. The van der Waals surface area contributed by atoms with Crippen molar-refractivity contribution in [3.8, 4) is 0 Å². The van der Waals surface area contributed by atoms with Gasteiger partial charge in [-0.05, 0) is 45.1 Å². The first-order chi connectivity index (χ1) is 9.90. The van der Waals surface area contributed by atoms with Crippen molar-refractivity contribution in [1.29, 1.82) is 0 Å². The number of hydrogen-bond donors (Lipinski definition) is 2. The Bertz CT molecular complexity index is 557. The Morgan fingerprint density at radius 3 is 2.67 bits per heavy atom. The lowest BCUT2D eigenvalue weighted by Gasteiger charge is -2.21. The highest BCUT2D eigenvalue weighted by Crippen LogP contribution is 2.20. The fourth-order valence-corrected chi connectivity index (χ4v) is 2.58. The van der Waals surface area contributed by atoms with E-state index in [-0.39, 0.29) is 6.03 Å². The molecule has 3 amide bonds. The number of anilines is 1. The lowest BCUT2D eigenvalue weighted by Crippen LogP contribution is -2.37. The standard InChI is InChI=1S/C15H22N4O2/c1-10-12(14(16)20)5-4-6-13(10)17-15(21)19-8-7-11(9-19)18(2)3/h4-6,11H,7-9H2,1-3H3,(H2,16,20)(H,17,21)/t11-/m0/s1. The summed E-state index contributed by atoms with van der Waals surface area (Å²) in [7, 11) is 4.04. The maximum absolute atomic E-state index is 12.3. The second-order valence-corrected chi connectivity index (χ2v) is 5.62. The van der Waals surface area contributed by atoms with Crippen LogP contribution in [-0.4, -0.2) is 55.0 Å². The van der Waals surface area contributed by atoms with Crippen LogP contribution in [0.25, 0.3) is 0 Å². The molecule has 1 fully saturated rings. The molecule has 1 heterocycles. The molecule has 6 heteroatoms. The zero-order valence-electron chi connectivity index (χ0n) is 12.7. The normalized spacial score (nSPS) is 18.1. The smallest absolute Gasteiger partial charge is 0.321 e. The van der Waals surface area contributed by atoms with Crippen LogP contribution < -0.4 is 11.1 Å². The number of nitrogens with two attached hydrogens (primary N) is 1. The minimum atomic E-state index is -0.488. The Balaban J connectivity index is 2.07. The van der Waals surface area contributed by atoms with E-state index in [1.165, 1.54) is 0 Å². The highest BCUT2D eigenvalue weighted by Gasteiger charge is 2.27. The minimum Gasteiger partial charge on any atom is -0.366 e. The van der Waals surface area contributed by atoms with E-state index in [9.17, 15) is 9.59 Å². The minimum absolute atomic E-state index is 0.135. The van der Waals surface area contributed by atoms with Gasteiger partial charge in [0.1, 0.15) is 0 Å². The molecule has 1 aliphatic heterocycles. The number of urea groups is 1. The third-order valence-corrected chi connectivity index (χ3v) is 4.02. The molecule has 2 rings (SSSR count). The van der Waals surface area contributed by atoms with Crippen LogP contribution in [0.3, 0.4) is 0 Å². The van der Waals surface area contributed by atoms with Gasteiger partial charge in [0, 0.05) is 30.4 Å². The number of hydrogen-bond acceptors (Lipinski definition) is 3. The fraction of sp³-hybridized carbons (Fsp3) is 0.467. The molecule has 1 aromatic rings. The molecule has 0 aliphatic carbocycles. The summed E-state index contributed by atoms with van der Waals surface area (Å²) in [5, 5.41) is 2.87. The molecule has 21 heavy (non-hydrogen) atoms. The molecular weight excluding hydrogens is 268 g/mol. The average Bonchev–Trinajstić information content (AvgIpc) is 2.90. The zero-order chi connectivity index (χ0) is 15.6. The van der Waals surface area contributed by atoms with Crippen LogP contribution in [0, 0.1) is 6.92 Å². The summed E-state index contributed by atoms with van der Waals surface area (Å²) < 4.78 is 0. The van der Waals surface area contributed by atoms with Crippen molar-refractivity contribution in [2.75, 3.05) is 32.5 Å². The molecule has 0 aromatic heterocycles. The Morgan fingerprint density at radius 1 is 1.38 bits per heavy atom. The third kappa shape index (κ3) is 3.33. The van der Waals surface area contributed by atoms with Crippen molar-refractivity contribution >= 4 is 17.6 Å². The van der Waals surface area contributed by atoms with E-state index >= 15 is 0 Å². The number of carbonyl (C=O) groups excluding carboxylic acids is 2. The van der Waals surface area contributed by atoms with E-state index in [2.05, 4.69) is 10.2 Å². The Kier molecular flexibility index (Phi) is 4.47. The van der Waals surface area contributed by atoms with Gasteiger partial charge in [-0.15, -0.1) is 0 Å². The number of amides is 3. The Labute approximate surface area is 124 Å². The summed E-state index contributed by atoms with van der Waals surface area (Å²) in [5.74, 6) is -0.488. The van der Waals surface area contributed by atoms with Gasteiger partial charge in [-0.1, -0.05) is 6.07 Å². The van der Waals surface area contributed by atoms with Gasteiger partial charge in [0.05, 0.1) is 0 Å². The predicted octanol–water partition coefficient (Wildman–Crippen LogP) is 1.26. The summed E-state index contributed by atoms with van der Waals surface area (Å²) in [6, 6.07) is 5.41. The molecule has 1 atom stereocenters. The average molecular weight is 290 g/mol. The summed E-state index contributed by atoms with van der Waals surface area (Å²) in [6.45, 7) is 3.24. The van der Waals surface area contributed by atoms with Crippen LogP contribution >= 0.6 is 0 Å². The van der Waals surface area contributed by atoms with Crippen molar-refractivity contribution in [1.82, 2.24) is 9.80 Å². The molecule has 0 bridgehead atoms. The van der Waals surface area contributed by atoms with E-state index < -0.39 is 5.91 Å². The van der Waals surface area contributed by atoms with Gasteiger partial charge in [-0.25, -0.2) is 4.79 Å². The highest BCUT2D eigenvalue weighted by molar-refractivity contribution is 5.98. The topological polar surface area (TPSA) is 78.7 Å². The van der Waals surface area contributed by atoms with E-state index in [0.717, 1.165) is 13.0 Å². The monoisotopic (exact) mass is 290 g/mol. The Morgan fingerprint density at radius 2 is 2.10 bits per heavy atom. The van der Waals surface area contributed by atoms with Crippen LogP contribution in [-0.2, 0) is 0 Å². The SMILES string of the molecule is Cc1c(NC(=O)N2CC[C@H](N(C)C)C2)cccc1C(N)=O. The molecule has 3 N–H and O–H groups in total. The number of carbonyl (C=O) groups is 2. The quantitative estimate of drug-likeness (QED) is 0.879. The highest BCUT2D eigenvalue weighted by atomic mass is 16.2. The molecule has 0 spiro atoms. The molecule has 114 valence electrons. The Hall–Kier alpha value is -2.08. The second-order valence-electron chi connectivity index (χ2n) is 5.62. The first-order valence-electron chi connectivity index (χ1n) is 7.02. The van der Waals surface area contributed by atoms with Gasteiger partial charge in [0.15, 0.2) is 0 Å². The van der Waals surface area contributed by atoms with Gasteiger partial charge in [0.2, 0.25) is 5.91 Å². The van der Waals surface area contributed by atoms with Crippen molar-refractivity contribution in [2.45, 2.75) is 19.4 Å². The van der Waals surface area contributed by atoms with E-state index in [1.54, 1.807) is 30.0 Å². The number of benzene rings is 1. The summed E-state index contributed by atoms with van der Waals surface area (Å²) in [6.07, 6.45) is 0.973. The molecule has 1 aromatic carbocycles. The van der Waals surface area contributed by atoms with Crippen LogP contribution in [0.5, 0.6) is 0 Å². The van der Waals surface area contributed by atoms with Crippen LogP contribution in [0.2, 0.25) is 0 Å². The van der Waals surface area contributed by atoms with Crippen LogP contribution in [0.1, 0.15) is 22.3 Å². The summed E-state index contributed by atoms with van der Waals surface area (Å²) in [5.41, 5.74) is 7.08. The second kappa shape index (κ2) is 6.13. The predicted molar refractivity (Wildman–Crippen MR) is 82.4 cm³/mol. The maximum atomic E-state index is 12.3. The van der Waals surface area contributed by atoms with Crippen LogP contribution in [0.15, 0.2) is 18.2 Å². The van der Waals surface area contributed by atoms with E-state index in [4.69, 9.17) is 5.73 Å². The number of likely N-dealkylation sites (tertiary alicyclic amines) is 1. The molecular formula is C15H22N4O2. The van der Waals surface area contributed by atoms with Crippen molar-refractivity contribution in [3.63, 3.8) is 0 Å². The van der Waals surface area contributed by atoms with Crippen molar-refractivity contribution in [3.05, 3.63) is 29.3 Å². The molecule has 1 aliphatic rings. The van der Waals surface area contributed by atoms with Crippen LogP contribution in [0.4, 0.5) is 10.5 Å². The number of primary amides is 1. The van der Waals surface area contributed by atoms with Gasteiger partial charge >= 0.3 is 6.03 Å². The van der Waals surface area contributed by atoms with E-state index in [0.29, 0.717) is 29.4 Å². The van der Waals surface area contributed by atoms with Crippen molar-refractivity contribution in [2.24, 2.45) is 5.73 Å². The first-order valence-corrected chi connectivity index (χ1v) is 7.02. The summed E-state index contributed by atoms with van der Waals surface area (Å²) >= 11 is 0. The third-order valence-electron chi connectivity index (χ3n) is 4.02. The number of likely N-dealkylation sites (N-methyl/N-ethyl adjacent to an activating group) is 1. The van der Waals surface area contributed by atoms with Crippen molar-refractivity contribution < 1.29 is 9.59 Å². The molecule has 0 radical (unpaired) electrons. The summed E-state index contributed by atoms with van der Waals surface area (Å²) in [4.78, 5) is 27.5. The molecule has 1 saturated heterocycles. The van der Waals surface area contributed by atoms with E-state index in [1.807, 2.05) is 14.1 Å².